The largest absolute Gasteiger partial charge is 0.465 e. The van der Waals surface area contributed by atoms with Gasteiger partial charge in [0.2, 0.25) is 0 Å². The van der Waals surface area contributed by atoms with Gasteiger partial charge >= 0.3 is 5.97 Å². The van der Waals surface area contributed by atoms with Crippen LogP contribution in [0.1, 0.15) is 32.0 Å². The van der Waals surface area contributed by atoms with Crippen LogP contribution in [0.2, 0.25) is 5.02 Å². The Morgan fingerprint density at radius 1 is 1.19 bits per heavy atom. The molecule has 5 nitrogen and oxygen atoms in total. The van der Waals surface area contributed by atoms with Crippen molar-refractivity contribution in [3.63, 3.8) is 0 Å². The topological polar surface area (TPSA) is 59.8 Å². The van der Waals surface area contributed by atoms with Crippen molar-refractivity contribution in [1.82, 2.24) is 0 Å². The summed E-state index contributed by atoms with van der Waals surface area (Å²) in [7, 11) is 1.35. The molecule has 3 aromatic rings. The highest BCUT2D eigenvalue weighted by Gasteiger charge is 2.30. The van der Waals surface area contributed by atoms with Gasteiger partial charge in [-0.1, -0.05) is 11.6 Å². The van der Waals surface area contributed by atoms with E-state index in [0.29, 0.717) is 34.9 Å². The van der Waals surface area contributed by atoms with Crippen molar-refractivity contribution in [1.29, 1.82) is 0 Å². The van der Waals surface area contributed by atoms with E-state index < -0.39 is 0 Å². The summed E-state index contributed by atoms with van der Waals surface area (Å²) in [6.45, 7) is 2.39. The zero-order valence-electron chi connectivity index (χ0n) is 14.3. The number of hydrogen-bond acceptors (Lipinski definition) is 4. The maximum Gasteiger partial charge on any atom is 0.337 e. The molecular formula is C20H16ClNO4. The molecule has 2 heterocycles. The first kappa shape index (κ1) is 16.7. The number of anilines is 1. The molecule has 0 saturated heterocycles. The highest BCUT2D eigenvalue weighted by molar-refractivity contribution is 6.31. The lowest BCUT2D eigenvalue weighted by Crippen LogP contribution is -2.29. The SMILES string of the molecule is COC(=O)c1ccc2c(c1)CCN2C(=O)c1oc2ccc(Cl)cc2c1C. The molecule has 0 N–H and O–H groups in total. The summed E-state index contributed by atoms with van der Waals surface area (Å²) in [4.78, 5) is 26.4. The summed E-state index contributed by atoms with van der Waals surface area (Å²) in [6.07, 6.45) is 0.678. The molecule has 132 valence electrons. The second-order valence-electron chi connectivity index (χ2n) is 6.24. The number of fused-ring (bicyclic) bond motifs is 2. The van der Waals surface area contributed by atoms with E-state index in [9.17, 15) is 9.59 Å². The molecule has 0 spiro atoms. The number of aryl methyl sites for hydroxylation is 1. The molecule has 0 fully saturated rings. The number of rotatable bonds is 2. The zero-order chi connectivity index (χ0) is 18.4. The van der Waals surface area contributed by atoms with E-state index in [1.54, 1.807) is 41.3 Å². The van der Waals surface area contributed by atoms with Gasteiger partial charge in [-0.2, -0.15) is 0 Å². The van der Waals surface area contributed by atoms with Crippen molar-refractivity contribution in [3.8, 4) is 0 Å². The number of methoxy groups -OCH3 is 1. The van der Waals surface area contributed by atoms with Gasteiger partial charge in [0.25, 0.3) is 5.91 Å². The van der Waals surface area contributed by atoms with Crippen LogP contribution in [-0.4, -0.2) is 25.5 Å². The highest BCUT2D eigenvalue weighted by Crippen LogP contribution is 2.33. The van der Waals surface area contributed by atoms with Crippen LogP contribution in [0.3, 0.4) is 0 Å². The van der Waals surface area contributed by atoms with Gasteiger partial charge in [0, 0.05) is 28.2 Å². The average Bonchev–Trinajstić information content (AvgIpc) is 3.21. The number of ether oxygens (including phenoxy) is 1. The van der Waals surface area contributed by atoms with Crippen LogP contribution in [0.25, 0.3) is 11.0 Å². The average molecular weight is 370 g/mol. The number of esters is 1. The van der Waals surface area contributed by atoms with Gasteiger partial charge in [-0.15, -0.1) is 0 Å². The van der Waals surface area contributed by atoms with Crippen LogP contribution in [0.15, 0.2) is 40.8 Å². The molecule has 0 aliphatic carbocycles. The van der Waals surface area contributed by atoms with E-state index in [1.807, 2.05) is 6.92 Å². The Hall–Kier alpha value is -2.79. The third-order valence-corrected chi connectivity index (χ3v) is 4.97. The first-order chi connectivity index (χ1) is 12.5. The molecule has 0 saturated carbocycles. The Kier molecular flexibility index (Phi) is 3.96. The van der Waals surface area contributed by atoms with E-state index in [0.717, 1.165) is 22.2 Å². The van der Waals surface area contributed by atoms with Gasteiger partial charge in [0.05, 0.1) is 12.7 Å². The molecule has 1 amide bonds. The number of nitrogens with zero attached hydrogens (tertiary/aromatic N) is 1. The molecule has 0 radical (unpaired) electrons. The molecular weight excluding hydrogens is 354 g/mol. The van der Waals surface area contributed by atoms with E-state index >= 15 is 0 Å². The summed E-state index contributed by atoms with van der Waals surface area (Å²) in [6, 6.07) is 10.5. The summed E-state index contributed by atoms with van der Waals surface area (Å²) >= 11 is 6.05. The lowest BCUT2D eigenvalue weighted by atomic mass is 10.1. The molecule has 1 aliphatic rings. The molecule has 1 aromatic heterocycles. The Balaban J connectivity index is 1.71. The number of halogens is 1. The molecule has 0 unspecified atom stereocenters. The molecule has 4 rings (SSSR count). The summed E-state index contributed by atoms with van der Waals surface area (Å²) in [5.74, 6) is -0.269. The summed E-state index contributed by atoms with van der Waals surface area (Å²) in [5.41, 5.74) is 3.62. The van der Waals surface area contributed by atoms with Gasteiger partial charge in [-0.3, -0.25) is 4.79 Å². The number of carbonyl (C=O) groups is 2. The zero-order valence-corrected chi connectivity index (χ0v) is 15.1. The van der Waals surface area contributed by atoms with Crippen molar-refractivity contribution in [2.75, 3.05) is 18.6 Å². The van der Waals surface area contributed by atoms with Crippen LogP contribution in [0.4, 0.5) is 5.69 Å². The minimum absolute atomic E-state index is 0.195. The molecule has 2 aromatic carbocycles. The van der Waals surface area contributed by atoms with E-state index in [-0.39, 0.29) is 11.9 Å². The second kappa shape index (κ2) is 6.18. The van der Waals surface area contributed by atoms with Crippen LogP contribution in [0, 0.1) is 6.92 Å². The number of carbonyl (C=O) groups excluding carboxylic acids is 2. The Labute approximate surface area is 155 Å². The maximum atomic E-state index is 13.1. The predicted molar refractivity (Wildman–Crippen MR) is 99.1 cm³/mol. The van der Waals surface area contributed by atoms with E-state index in [2.05, 4.69) is 0 Å². The molecule has 0 bridgehead atoms. The fourth-order valence-electron chi connectivity index (χ4n) is 3.38. The van der Waals surface area contributed by atoms with Crippen molar-refractivity contribution in [2.45, 2.75) is 13.3 Å². The van der Waals surface area contributed by atoms with Gasteiger partial charge in [-0.05, 0) is 55.3 Å². The predicted octanol–water partition coefficient (Wildman–Crippen LogP) is 4.38. The van der Waals surface area contributed by atoms with Gasteiger partial charge in [-0.25, -0.2) is 4.79 Å². The quantitative estimate of drug-likeness (QED) is 0.629. The number of benzene rings is 2. The third-order valence-electron chi connectivity index (χ3n) is 4.73. The Bertz CT molecular complexity index is 1050. The number of amides is 1. The first-order valence-electron chi connectivity index (χ1n) is 8.21. The fourth-order valence-corrected chi connectivity index (χ4v) is 3.55. The number of hydrogen-bond donors (Lipinski definition) is 0. The second-order valence-corrected chi connectivity index (χ2v) is 6.67. The minimum Gasteiger partial charge on any atom is -0.465 e. The monoisotopic (exact) mass is 369 g/mol. The summed E-state index contributed by atoms with van der Waals surface area (Å²) < 4.78 is 10.6. The Morgan fingerprint density at radius 3 is 2.77 bits per heavy atom. The maximum absolute atomic E-state index is 13.1. The van der Waals surface area contributed by atoms with E-state index in [1.165, 1.54) is 7.11 Å². The van der Waals surface area contributed by atoms with E-state index in [4.69, 9.17) is 20.8 Å². The highest BCUT2D eigenvalue weighted by atomic mass is 35.5. The Morgan fingerprint density at radius 2 is 2.00 bits per heavy atom. The first-order valence-corrected chi connectivity index (χ1v) is 8.59. The molecule has 0 atom stereocenters. The van der Waals surface area contributed by atoms with Crippen molar-refractivity contribution < 1.29 is 18.7 Å². The van der Waals surface area contributed by atoms with Crippen LogP contribution in [-0.2, 0) is 11.2 Å². The lowest BCUT2D eigenvalue weighted by molar-refractivity contribution is 0.0600. The van der Waals surface area contributed by atoms with Crippen molar-refractivity contribution in [3.05, 3.63) is 63.9 Å². The molecule has 6 heteroatoms. The minimum atomic E-state index is -0.386. The van der Waals surface area contributed by atoms with Crippen LogP contribution in [0.5, 0.6) is 0 Å². The number of furan rings is 1. The molecule has 1 aliphatic heterocycles. The smallest absolute Gasteiger partial charge is 0.337 e. The van der Waals surface area contributed by atoms with Crippen LogP contribution >= 0.6 is 11.6 Å². The van der Waals surface area contributed by atoms with Gasteiger partial charge in [0.1, 0.15) is 5.58 Å². The third kappa shape index (κ3) is 2.56. The van der Waals surface area contributed by atoms with Gasteiger partial charge < -0.3 is 14.1 Å². The normalized spacial score (nSPS) is 13.1. The lowest BCUT2D eigenvalue weighted by Gasteiger charge is -2.16. The fraction of sp³-hybridized carbons (Fsp3) is 0.200. The van der Waals surface area contributed by atoms with Crippen LogP contribution < -0.4 is 4.90 Å². The standard InChI is InChI=1S/C20H16ClNO4/c1-11-15-10-14(21)4-6-17(15)26-18(11)19(23)22-8-7-12-9-13(20(24)25-2)3-5-16(12)22/h3-6,9-10H,7-8H2,1-2H3. The van der Waals surface area contributed by atoms with Crippen molar-refractivity contribution >= 4 is 40.1 Å². The van der Waals surface area contributed by atoms with Gasteiger partial charge in [0.15, 0.2) is 5.76 Å². The molecule has 26 heavy (non-hydrogen) atoms. The summed E-state index contributed by atoms with van der Waals surface area (Å²) in [5, 5.41) is 1.43. The van der Waals surface area contributed by atoms with Crippen molar-refractivity contribution in [2.24, 2.45) is 0 Å².